The van der Waals surface area contributed by atoms with E-state index in [4.69, 9.17) is 23.8 Å². The fourth-order valence-corrected chi connectivity index (χ4v) is 3.36. The Bertz CT molecular complexity index is 939. The number of anilines is 1. The number of pyridine rings is 1. The number of rotatable bonds is 6. The molecule has 8 nitrogen and oxygen atoms in total. The van der Waals surface area contributed by atoms with Crippen LogP contribution >= 0.6 is 23.8 Å². The summed E-state index contributed by atoms with van der Waals surface area (Å²) in [5.41, 5.74) is 3.54. The van der Waals surface area contributed by atoms with Crippen molar-refractivity contribution in [3.63, 3.8) is 0 Å². The van der Waals surface area contributed by atoms with E-state index in [1.165, 1.54) is 34.4 Å². The van der Waals surface area contributed by atoms with E-state index >= 15 is 0 Å². The average Bonchev–Trinajstić information content (AvgIpc) is 2.93. The second kappa shape index (κ2) is 8.97. The van der Waals surface area contributed by atoms with E-state index in [1.54, 1.807) is 31.2 Å². The van der Waals surface area contributed by atoms with Gasteiger partial charge in [-0.15, -0.1) is 0 Å². The van der Waals surface area contributed by atoms with Crippen molar-refractivity contribution in [2.45, 2.75) is 19.4 Å². The topological polar surface area (TPSA) is 94.6 Å². The van der Waals surface area contributed by atoms with Crippen molar-refractivity contribution in [3.05, 3.63) is 59.4 Å². The lowest BCUT2D eigenvalue weighted by Crippen LogP contribution is -2.49. The lowest BCUT2D eigenvalue weighted by Gasteiger charge is -2.24. The molecule has 3 rings (SSSR count). The molecule has 0 radical (unpaired) electrons. The van der Waals surface area contributed by atoms with Gasteiger partial charge in [-0.2, -0.15) is 0 Å². The van der Waals surface area contributed by atoms with Crippen molar-refractivity contribution in [1.82, 2.24) is 20.3 Å². The van der Waals surface area contributed by atoms with Gasteiger partial charge in [0, 0.05) is 35.2 Å². The molecule has 1 aliphatic heterocycles. The maximum atomic E-state index is 12.7. The van der Waals surface area contributed by atoms with E-state index in [0.717, 1.165) is 0 Å². The largest absolute Gasteiger partial charge is 0.326 e. The van der Waals surface area contributed by atoms with E-state index in [0.29, 0.717) is 22.8 Å². The van der Waals surface area contributed by atoms with E-state index in [9.17, 15) is 14.4 Å². The number of benzene rings is 1. The molecule has 29 heavy (non-hydrogen) atoms. The first-order chi connectivity index (χ1) is 13.9. The highest BCUT2D eigenvalue weighted by atomic mass is 35.5. The van der Waals surface area contributed by atoms with E-state index in [1.807, 2.05) is 0 Å². The summed E-state index contributed by atoms with van der Waals surface area (Å²) in [5.74, 6) is -1.20. The average molecular weight is 432 g/mol. The van der Waals surface area contributed by atoms with Gasteiger partial charge in [-0.05, 0) is 55.5 Å². The number of amides is 3. The standard InChI is InChI=1S/C19H18ClN5O3S/c1-2-24-18(28)15(11-16(26)22-14-5-3-13(20)4-6-14)25(19(24)29)23-17(27)12-7-9-21-10-8-12/h3-10,15H,2,11H2,1H3,(H,22,26)(H,23,27)/t15-/m0/s1. The molecular weight excluding hydrogens is 414 g/mol. The molecule has 2 heterocycles. The zero-order chi connectivity index (χ0) is 21.0. The fraction of sp³-hybridized carbons (Fsp3) is 0.211. The van der Waals surface area contributed by atoms with Gasteiger partial charge in [0.25, 0.3) is 11.8 Å². The molecule has 0 spiro atoms. The molecule has 1 aromatic heterocycles. The van der Waals surface area contributed by atoms with E-state index < -0.39 is 17.9 Å². The maximum absolute atomic E-state index is 12.7. The Balaban J connectivity index is 1.75. The van der Waals surface area contributed by atoms with Crippen LogP contribution in [0.5, 0.6) is 0 Å². The van der Waals surface area contributed by atoms with Gasteiger partial charge in [-0.1, -0.05) is 11.6 Å². The Morgan fingerprint density at radius 1 is 1.17 bits per heavy atom. The third-order valence-electron chi connectivity index (χ3n) is 4.29. The molecule has 2 aromatic rings. The van der Waals surface area contributed by atoms with Crippen LogP contribution in [-0.4, -0.2) is 50.3 Å². The molecule has 0 bridgehead atoms. The third kappa shape index (κ3) is 4.69. The molecule has 2 N–H and O–H groups in total. The zero-order valence-electron chi connectivity index (χ0n) is 15.5. The molecule has 0 saturated carbocycles. The molecule has 1 aliphatic rings. The number of hydrazine groups is 1. The first-order valence-corrected chi connectivity index (χ1v) is 9.60. The van der Waals surface area contributed by atoms with Crippen LogP contribution in [0, 0.1) is 0 Å². The maximum Gasteiger partial charge on any atom is 0.269 e. The summed E-state index contributed by atoms with van der Waals surface area (Å²) in [6.45, 7) is 2.10. The van der Waals surface area contributed by atoms with Crippen LogP contribution in [0.1, 0.15) is 23.7 Å². The van der Waals surface area contributed by atoms with Crippen molar-refractivity contribution >= 4 is 52.3 Å². The van der Waals surface area contributed by atoms with Gasteiger partial charge < -0.3 is 5.32 Å². The molecule has 10 heteroatoms. The van der Waals surface area contributed by atoms with Crippen molar-refractivity contribution in [2.24, 2.45) is 0 Å². The predicted molar refractivity (Wildman–Crippen MR) is 112 cm³/mol. The molecule has 1 atom stereocenters. The van der Waals surface area contributed by atoms with Gasteiger partial charge >= 0.3 is 0 Å². The lowest BCUT2D eigenvalue weighted by molar-refractivity contribution is -0.130. The predicted octanol–water partition coefficient (Wildman–Crippen LogP) is 2.23. The first-order valence-electron chi connectivity index (χ1n) is 8.81. The van der Waals surface area contributed by atoms with Crippen LogP contribution in [-0.2, 0) is 9.59 Å². The Hall–Kier alpha value is -3.04. The molecule has 150 valence electrons. The Labute approximate surface area is 177 Å². The number of carbonyl (C=O) groups excluding carboxylic acids is 3. The summed E-state index contributed by atoms with van der Waals surface area (Å²) in [7, 11) is 0. The minimum Gasteiger partial charge on any atom is -0.326 e. The van der Waals surface area contributed by atoms with Gasteiger partial charge in [-0.3, -0.25) is 29.7 Å². The summed E-state index contributed by atoms with van der Waals surface area (Å²) in [6, 6.07) is 8.73. The summed E-state index contributed by atoms with van der Waals surface area (Å²) in [6.07, 6.45) is 2.78. The monoisotopic (exact) mass is 431 g/mol. The van der Waals surface area contributed by atoms with Gasteiger partial charge in [0.2, 0.25) is 5.91 Å². The van der Waals surface area contributed by atoms with Gasteiger partial charge in [0.1, 0.15) is 6.04 Å². The summed E-state index contributed by atoms with van der Waals surface area (Å²) >= 11 is 11.2. The van der Waals surface area contributed by atoms with Gasteiger partial charge in [0.05, 0.1) is 6.42 Å². The van der Waals surface area contributed by atoms with Crippen molar-refractivity contribution in [3.8, 4) is 0 Å². The number of hydrogen-bond donors (Lipinski definition) is 2. The van der Waals surface area contributed by atoms with Crippen LogP contribution in [0.25, 0.3) is 0 Å². The number of nitrogens with one attached hydrogen (secondary N) is 2. The third-order valence-corrected chi connectivity index (χ3v) is 4.96. The van der Waals surface area contributed by atoms with Crippen LogP contribution in [0.15, 0.2) is 48.8 Å². The SMILES string of the molecule is CCN1C(=O)[C@H](CC(=O)Nc2ccc(Cl)cc2)N(NC(=O)c2ccncc2)C1=S. The molecule has 0 unspecified atom stereocenters. The van der Waals surface area contributed by atoms with Crippen LogP contribution < -0.4 is 10.7 Å². The summed E-state index contributed by atoms with van der Waals surface area (Å²) in [4.78, 5) is 43.0. The molecule has 1 fully saturated rings. The highest BCUT2D eigenvalue weighted by molar-refractivity contribution is 7.80. The fourth-order valence-electron chi connectivity index (χ4n) is 2.84. The Kier molecular flexibility index (Phi) is 6.40. The number of aromatic nitrogens is 1. The lowest BCUT2D eigenvalue weighted by atomic mass is 10.2. The van der Waals surface area contributed by atoms with Crippen LogP contribution in [0.4, 0.5) is 5.69 Å². The summed E-state index contributed by atoms with van der Waals surface area (Å²) < 4.78 is 0. The van der Waals surface area contributed by atoms with Crippen LogP contribution in [0.3, 0.4) is 0 Å². The van der Waals surface area contributed by atoms with Crippen molar-refractivity contribution in [2.75, 3.05) is 11.9 Å². The highest BCUT2D eigenvalue weighted by Crippen LogP contribution is 2.20. The van der Waals surface area contributed by atoms with E-state index in [-0.39, 0.29) is 17.4 Å². The second-order valence-corrected chi connectivity index (χ2v) is 6.99. The van der Waals surface area contributed by atoms with Gasteiger partial charge in [0.15, 0.2) is 5.11 Å². The first kappa shape index (κ1) is 20.7. The molecule has 1 aromatic carbocycles. The number of halogens is 1. The number of likely N-dealkylation sites (N-methyl/N-ethyl adjacent to an activating group) is 1. The number of carbonyl (C=O) groups is 3. The molecule has 0 aliphatic carbocycles. The smallest absolute Gasteiger partial charge is 0.269 e. The minimum atomic E-state index is -0.944. The molecule has 1 saturated heterocycles. The number of thiocarbonyl (C=S) groups is 1. The number of hydrogen-bond acceptors (Lipinski definition) is 5. The van der Waals surface area contributed by atoms with Crippen molar-refractivity contribution < 1.29 is 14.4 Å². The molecule has 3 amide bonds. The Morgan fingerprint density at radius 2 is 1.83 bits per heavy atom. The number of nitrogens with zero attached hydrogens (tertiary/aromatic N) is 3. The molecular formula is C19H18ClN5O3S. The quantitative estimate of drug-likeness (QED) is 0.681. The highest BCUT2D eigenvalue weighted by Gasteiger charge is 2.43. The van der Waals surface area contributed by atoms with Gasteiger partial charge in [-0.25, -0.2) is 5.01 Å². The minimum absolute atomic E-state index is 0.143. The normalized spacial score (nSPS) is 16.1. The Morgan fingerprint density at radius 3 is 2.45 bits per heavy atom. The van der Waals surface area contributed by atoms with Crippen LogP contribution in [0.2, 0.25) is 5.02 Å². The van der Waals surface area contributed by atoms with E-state index in [2.05, 4.69) is 15.7 Å². The summed E-state index contributed by atoms with van der Waals surface area (Å²) in [5, 5.41) is 4.67. The van der Waals surface area contributed by atoms with Crippen molar-refractivity contribution in [1.29, 1.82) is 0 Å². The second-order valence-electron chi connectivity index (χ2n) is 6.19. The zero-order valence-corrected chi connectivity index (χ0v) is 17.0.